The molecule has 3 N–H and O–H groups in total. The fourth-order valence-corrected chi connectivity index (χ4v) is 4.54. The summed E-state index contributed by atoms with van der Waals surface area (Å²) in [6, 6.07) is 17.2. The number of nitrogens with one attached hydrogen (secondary N) is 1. The highest BCUT2D eigenvalue weighted by atomic mass is 16.5. The van der Waals surface area contributed by atoms with E-state index in [1.807, 2.05) is 67.7 Å². The van der Waals surface area contributed by atoms with Gasteiger partial charge < -0.3 is 15.4 Å². The fourth-order valence-electron chi connectivity index (χ4n) is 4.54. The van der Waals surface area contributed by atoms with Crippen LogP contribution in [0.25, 0.3) is 16.9 Å². The number of piperidine rings is 1. The highest BCUT2D eigenvalue weighted by Gasteiger charge is 2.26. The Balaban J connectivity index is 1.45. The van der Waals surface area contributed by atoms with Gasteiger partial charge >= 0.3 is 0 Å². The Morgan fingerprint density at radius 1 is 1.09 bits per heavy atom. The molecular formula is C26H27N5O2. The van der Waals surface area contributed by atoms with Gasteiger partial charge in [0.1, 0.15) is 17.2 Å². The number of aromatic amines is 1. The van der Waals surface area contributed by atoms with E-state index >= 15 is 0 Å². The Morgan fingerprint density at radius 3 is 2.45 bits per heavy atom. The highest BCUT2D eigenvalue weighted by molar-refractivity contribution is 5.98. The molecule has 1 fully saturated rings. The number of allylic oxidation sites excluding steroid dienone is 1. The molecule has 0 unspecified atom stereocenters. The summed E-state index contributed by atoms with van der Waals surface area (Å²) in [6.45, 7) is 4.05. The van der Waals surface area contributed by atoms with Crippen LogP contribution in [-0.2, 0) is 0 Å². The smallest absolute Gasteiger partial charge is 0.269 e. The second kappa shape index (κ2) is 8.86. The summed E-state index contributed by atoms with van der Waals surface area (Å²) in [7, 11) is 0. The third kappa shape index (κ3) is 4.09. The van der Waals surface area contributed by atoms with Crippen LogP contribution in [0.3, 0.4) is 0 Å². The second-order valence-electron chi connectivity index (χ2n) is 8.29. The quantitative estimate of drug-likeness (QED) is 0.444. The van der Waals surface area contributed by atoms with Gasteiger partial charge in [0, 0.05) is 30.4 Å². The van der Waals surface area contributed by atoms with E-state index in [2.05, 4.69) is 22.3 Å². The average molecular weight is 442 g/mol. The van der Waals surface area contributed by atoms with E-state index in [9.17, 15) is 4.79 Å². The Labute approximate surface area is 192 Å². The summed E-state index contributed by atoms with van der Waals surface area (Å²) in [5.41, 5.74) is 9.43. The van der Waals surface area contributed by atoms with Gasteiger partial charge in [0.2, 0.25) is 0 Å². The predicted molar refractivity (Wildman–Crippen MR) is 128 cm³/mol. The molecule has 1 saturated heterocycles. The minimum absolute atomic E-state index is 0.360. The summed E-state index contributed by atoms with van der Waals surface area (Å²) < 4.78 is 7.61. The number of amides is 1. The third-order valence-electron chi connectivity index (χ3n) is 6.15. The van der Waals surface area contributed by atoms with Gasteiger partial charge in [-0.1, -0.05) is 24.3 Å². The Kier molecular flexibility index (Phi) is 5.60. The highest BCUT2D eigenvalue weighted by Crippen LogP contribution is 2.34. The van der Waals surface area contributed by atoms with Crippen molar-refractivity contribution in [2.24, 2.45) is 5.73 Å². The van der Waals surface area contributed by atoms with E-state index in [0.29, 0.717) is 23.1 Å². The molecule has 1 amide bonds. The molecule has 1 aliphatic heterocycles. The van der Waals surface area contributed by atoms with Gasteiger partial charge in [0.15, 0.2) is 11.3 Å². The minimum Gasteiger partial charge on any atom is -0.457 e. The van der Waals surface area contributed by atoms with E-state index in [1.54, 1.807) is 4.52 Å². The average Bonchev–Trinajstić information content (AvgIpc) is 3.40. The maximum atomic E-state index is 12.4. The van der Waals surface area contributed by atoms with E-state index in [-0.39, 0.29) is 0 Å². The first-order valence-corrected chi connectivity index (χ1v) is 11.2. The number of carbonyl (C=O) groups is 1. The van der Waals surface area contributed by atoms with Crippen molar-refractivity contribution >= 4 is 11.6 Å². The number of rotatable bonds is 6. The molecule has 168 valence electrons. The zero-order valence-corrected chi connectivity index (χ0v) is 18.6. The topological polar surface area (TPSA) is 88.7 Å². The zero-order valence-electron chi connectivity index (χ0n) is 18.6. The lowest BCUT2D eigenvalue weighted by molar-refractivity contribution is 0.0994. The first-order valence-electron chi connectivity index (χ1n) is 11.2. The Hall–Kier alpha value is -4.00. The number of fused-ring (bicyclic) bond motifs is 1. The fraction of sp³-hybridized carbons (Fsp3) is 0.231. The molecule has 1 aliphatic rings. The van der Waals surface area contributed by atoms with Gasteiger partial charge in [0.05, 0.1) is 0 Å². The summed E-state index contributed by atoms with van der Waals surface area (Å²) in [5.74, 6) is 1.35. The van der Waals surface area contributed by atoms with Crippen molar-refractivity contribution in [3.8, 4) is 22.8 Å². The van der Waals surface area contributed by atoms with Gasteiger partial charge in [-0.25, -0.2) is 9.50 Å². The number of hydrogen-bond donors (Lipinski definition) is 2. The lowest BCUT2D eigenvalue weighted by Crippen LogP contribution is -2.28. The normalized spacial score (nSPS) is 14.9. The van der Waals surface area contributed by atoms with Crippen molar-refractivity contribution in [2.45, 2.75) is 25.7 Å². The van der Waals surface area contributed by atoms with Crippen LogP contribution in [0.1, 0.15) is 41.7 Å². The number of para-hydroxylation sites is 1. The molecule has 2 aromatic heterocycles. The number of imidazole rings is 1. The first kappa shape index (κ1) is 20.9. The maximum Gasteiger partial charge on any atom is 0.269 e. The number of likely N-dealkylation sites (tertiary alicyclic amines) is 1. The lowest BCUT2D eigenvalue weighted by atomic mass is 9.91. The van der Waals surface area contributed by atoms with Crippen LogP contribution in [0, 0.1) is 0 Å². The number of primary amides is 1. The molecule has 0 atom stereocenters. The van der Waals surface area contributed by atoms with Crippen LogP contribution in [0.4, 0.5) is 0 Å². The largest absolute Gasteiger partial charge is 0.457 e. The van der Waals surface area contributed by atoms with Gasteiger partial charge in [-0.05, 0) is 68.3 Å². The monoisotopic (exact) mass is 441 g/mol. The number of H-pyrrole nitrogens is 1. The lowest BCUT2D eigenvalue weighted by Gasteiger charge is -2.30. The Morgan fingerprint density at radius 2 is 1.79 bits per heavy atom. The minimum atomic E-state index is -0.515. The van der Waals surface area contributed by atoms with E-state index < -0.39 is 5.91 Å². The maximum absolute atomic E-state index is 12.4. The second-order valence-corrected chi connectivity index (χ2v) is 8.29. The molecule has 5 rings (SSSR count). The molecule has 0 bridgehead atoms. The van der Waals surface area contributed by atoms with Crippen LogP contribution in [0.15, 0.2) is 73.1 Å². The van der Waals surface area contributed by atoms with Crippen LogP contribution < -0.4 is 10.5 Å². The molecule has 0 saturated carbocycles. The van der Waals surface area contributed by atoms with Crippen LogP contribution in [-0.4, -0.2) is 38.5 Å². The van der Waals surface area contributed by atoms with Crippen molar-refractivity contribution in [1.82, 2.24) is 19.5 Å². The SMILES string of the molecule is CC=CN1CCC(c2c[nH]n3c(C(N)=O)c(-c4ccc(Oc5ccccc5)cc4)nc23)CC1. The van der Waals surface area contributed by atoms with Crippen LogP contribution in [0.5, 0.6) is 11.5 Å². The summed E-state index contributed by atoms with van der Waals surface area (Å²) in [5, 5.41) is 3.21. The number of ether oxygens (including phenoxy) is 1. The van der Waals surface area contributed by atoms with Crippen molar-refractivity contribution in [3.05, 3.63) is 84.3 Å². The summed E-state index contributed by atoms with van der Waals surface area (Å²) in [6.07, 6.45) is 8.26. The molecule has 7 heteroatoms. The molecule has 4 aromatic rings. The first-order chi connectivity index (χ1) is 16.1. The van der Waals surface area contributed by atoms with Crippen LogP contribution >= 0.6 is 0 Å². The number of aromatic nitrogens is 3. The number of carbonyl (C=O) groups excluding carboxylic acids is 1. The van der Waals surface area contributed by atoms with Crippen molar-refractivity contribution < 1.29 is 9.53 Å². The summed E-state index contributed by atoms with van der Waals surface area (Å²) in [4.78, 5) is 19.6. The number of nitrogens with zero attached hydrogens (tertiary/aromatic N) is 3. The van der Waals surface area contributed by atoms with Crippen molar-refractivity contribution in [1.29, 1.82) is 0 Å². The van der Waals surface area contributed by atoms with Crippen molar-refractivity contribution in [2.75, 3.05) is 13.1 Å². The standard InChI is InChI=1S/C26H27N5O2/c1-2-14-30-15-12-18(13-16-30)22-17-28-31-24(25(27)32)23(29-26(22)31)19-8-10-21(11-9-19)33-20-6-4-3-5-7-20/h2-11,14,17-18,28H,12-13,15-16H2,1H3,(H2,27,32). The van der Waals surface area contributed by atoms with Gasteiger partial charge in [-0.3, -0.25) is 9.89 Å². The molecule has 0 aliphatic carbocycles. The molecule has 7 nitrogen and oxygen atoms in total. The van der Waals surface area contributed by atoms with E-state index in [0.717, 1.165) is 48.5 Å². The predicted octanol–water partition coefficient (Wildman–Crippen LogP) is 4.93. The molecule has 33 heavy (non-hydrogen) atoms. The van der Waals surface area contributed by atoms with Gasteiger partial charge in [-0.15, -0.1) is 0 Å². The van der Waals surface area contributed by atoms with Crippen molar-refractivity contribution in [3.63, 3.8) is 0 Å². The molecule has 3 heterocycles. The van der Waals surface area contributed by atoms with E-state index in [1.165, 1.54) is 0 Å². The number of nitrogens with two attached hydrogens (primary N) is 1. The van der Waals surface area contributed by atoms with Crippen LogP contribution in [0.2, 0.25) is 0 Å². The molecule has 0 spiro atoms. The van der Waals surface area contributed by atoms with Gasteiger partial charge in [0.25, 0.3) is 5.91 Å². The molecular weight excluding hydrogens is 414 g/mol. The summed E-state index contributed by atoms with van der Waals surface area (Å²) >= 11 is 0. The molecule has 0 radical (unpaired) electrons. The molecule has 2 aromatic carbocycles. The van der Waals surface area contributed by atoms with Gasteiger partial charge in [-0.2, -0.15) is 0 Å². The van der Waals surface area contributed by atoms with E-state index in [4.69, 9.17) is 15.5 Å². The number of hydrogen-bond acceptors (Lipinski definition) is 4. The number of benzene rings is 2. The third-order valence-corrected chi connectivity index (χ3v) is 6.15. The Bertz CT molecular complexity index is 1280. The zero-order chi connectivity index (χ0) is 22.8.